The molecule has 1 atom stereocenters. The molecular formula is C22H20BrClN4O3. The number of nitrogens with one attached hydrogen (secondary N) is 2. The van der Waals surface area contributed by atoms with Crippen LogP contribution in [0, 0.1) is 0 Å². The fraction of sp³-hybridized carbons (Fsp3) is 0.227. The molecule has 9 heteroatoms. The summed E-state index contributed by atoms with van der Waals surface area (Å²) < 4.78 is 2.22. The molecule has 0 aliphatic carbocycles. The van der Waals surface area contributed by atoms with E-state index >= 15 is 0 Å². The van der Waals surface area contributed by atoms with Crippen LogP contribution in [0.15, 0.2) is 57.8 Å². The van der Waals surface area contributed by atoms with Gasteiger partial charge in [0.1, 0.15) is 5.69 Å². The number of benzene rings is 2. The first-order chi connectivity index (χ1) is 14.8. The second-order valence-electron chi connectivity index (χ2n) is 7.36. The van der Waals surface area contributed by atoms with Crippen LogP contribution in [0.1, 0.15) is 45.1 Å². The van der Waals surface area contributed by atoms with Crippen molar-refractivity contribution in [3.05, 3.63) is 91.0 Å². The molecule has 160 valence electrons. The third-order valence-corrected chi connectivity index (χ3v) is 6.59. The standard InChI is InChI=1S/C22H20BrClN4O3/c1-13(14-5-3-2-4-6-14)25-20(29)19-18-12-27(9-10-28(18)22(31)26-19)21(30)15-7-8-16(23)17(24)11-15/h2-8,11,13H,9-10,12H2,1H3,(H,25,29)(H,26,31)/t13-/m0/s1. The van der Waals surface area contributed by atoms with E-state index in [2.05, 4.69) is 26.2 Å². The molecule has 0 spiro atoms. The number of rotatable bonds is 4. The van der Waals surface area contributed by atoms with E-state index in [0.29, 0.717) is 33.8 Å². The van der Waals surface area contributed by atoms with E-state index in [1.54, 1.807) is 23.1 Å². The minimum Gasteiger partial charge on any atom is -0.344 e. The van der Waals surface area contributed by atoms with Gasteiger partial charge in [-0.2, -0.15) is 0 Å². The molecule has 2 heterocycles. The number of amides is 2. The molecule has 0 saturated carbocycles. The van der Waals surface area contributed by atoms with Crippen LogP contribution in [-0.2, 0) is 13.1 Å². The van der Waals surface area contributed by atoms with Gasteiger partial charge in [-0.3, -0.25) is 14.2 Å². The van der Waals surface area contributed by atoms with Gasteiger partial charge < -0.3 is 15.2 Å². The minimum absolute atomic E-state index is 0.147. The van der Waals surface area contributed by atoms with Crippen LogP contribution in [-0.4, -0.2) is 32.8 Å². The molecular weight excluding hydrogens is 484 g/mol. The second kappa shape index (κ2) is 8.72. The monoisotopic (exact) mass is 502 g/mol. The Kier molecular flexibility index (Phi) is 6.02. The van der Waals surface area contributed by atoms with E-state index in [0.717, 1.165) is 5.56 Å². The van der Waals surface area contributed by atoms with Crippen LogP contribution in [0.5, 0.6) is 0 Å². The Morgan fingerprint density at radius 2 is 1.90 bits per heavy atom. The number of H-pyrrole nitrogens is 1. The highest BCUT2D eigenvalue weighted by Crippen LogP contribution is 2.25. The first-order valence-electron chi connectivity index (χ1n) is 9.77. The van der Waals surface area contributed by atoms with Crippen molar-refractivity contribution in [1.29, 1.82) is 0 Å². The maximum absolute atomic E-state index is 13.0. The Bertz CT molecular complexity index is 1210. The van der Waals surface area contributed by atoms with Crippen molar-refractivity contribution in [2.45, 2.75) is 26.1 Å². The van der Waals surface area contributed by atoms with Gasteiger partial charge in [0.2, 0.25) is 0 Å². The fourth-order valence-corrected chi connectivity index (χ4v) is 4.08. The molecule has 0 bridgehead atoms. The zero-order chi connectivity index (χ0) is 22.1. The molecule has 3 aromatic rings. The van der Waals surface area contributed by atoms with Gasteiger partial charge in [0, 0.05) is 23.1 Å². The van der Waals surface area contributed by atoms with Crippen LogP contribution >= 0.6 is 27.5 Å². The summed E-state index contributed by atoms with van der Waals surface area (Å²) in [6.07, 6.45) is 0. The van der Waals surface area contributed by atoms with E-state index < -0.39 is 0 Å². The predicted octanol–water partition coefficient (Wildman–Crippen LogP) is 3.74. The van der Waals surface area contributed by atoms with Crippen LogP contribution in [0.25, 0.3) is 0 Å². The molecule has 0 saturated heterocycles. The Labute approximate surface area is 192 Å². The third-order valence-electron chi connectivity index (χ3n) is 5.35. The van der Waals surface area contributed by atoms with Crippen molar-refractivity contribution >= 4 is 39.3 Å². The Balaban J connectivity index is 1.56. The van der Waals surface area contributed by atoms with Crippen molar-refractivity contribution in [3.8, 4) is 0 Å². The topological polar surface area (TPSA) is 87.2 Å². The highest BCUT2D eigenvalue weighted by molar-refractivity contribution is 9.10. The summed E-state index contributed by atoms with van der Waals surface area (Å²) in [5, 5.41) is 3.36. The third kappa shape index (κ3) is 4.31. The van der Waals surface area contributed by atoms with Crippen molar-refractivity contribution in [2.75, 3.05) is 6.54 Å². The molecule has 4 rings (SSSR count). The summed E-state index contributed by atoms with van der Waals surface area (Å²) >= 11 is 9.44. The lowest BCUT2D eigenvalue weighted by Crippen LogP contribution is -2.41. The quantitative estimate of drug-likeness (QED) is 0.569. The zero-order valence-corrected chi connectivity index (χ0v) is 19.0. The molecule has 1 aliphatic rings. The molecule has 0 fully saturated rings. The van der Waals surface area contributed by atoms with Gasteiger partial charge in [0.05, 0.1) is 23.3 Å². The highest BCUT2D eigenvalue weighted by Gasteiger charge is 2.29. The fourth-order valence-electron chi connectivity index (χ4n) is 3.65. The number of aromatic nitrogens is 2. The van der Waals surface area contributed by atoms with Crippen LogP contribution < -0.4 is 11.0 Å². The van der Waals surface area contributed by atoms with Gasteiger partial charge in [-0.25, -0.2) is 4.79 Å². The lowest BCUT2D eigenvalue weighted by atomic mass is 10.1. The van der Waals surface area contributed by atoms with E-state index in [4.69, 9.17) is 11.6 Å². The van der Waals surface area contributed by atoms with Gasteiger partial charge in [0.15, 0.2) is 0 Å². The summed E-state index contributed by atoms with van der Waals surface area (Å²) in [6.45, 7) is 2.69. The van der Waals surface area contributed by atoms with E-state index in [9.17, 15) is 14.4 Å². The van der Waals surface area contributed by atoms with Crippen LogP contribution in [0.2, 0.25) is 5.02 Å². The van der Waals surface area contributed by atoms with Gasteiger partial charge in [0.25, 0.3) is 11.8 Å². The van der Waals surface area contributed by atoms with Crippen molar-refractivity contribution in [2.24, 2.45) is 0 Å². The molecule has 2 N–H and O–H groups in total. The van der Waals surface area contributed by atoms with E-state index in [-0.39, 0.29) is 35.8 Å². The summed E-state index contributed by atoms with van der Waals surface area (Å²) in [5.74, 6) is -0.596. The minimum atomic E-state index is -0.386. The lowest BCUT2D eigenvalue weighted by Gasteiger charge is -2.28. The Morgan fingerprint density at radius 3 is 2.61 bits per heavy atom. The molecule has 1 aliphatic heterocycles. The summed E-state index contributed by atoms with van der Waals surface area (Å²) in [4.78, 5) is 42.5. The Morgan fingerprint density at radius 1 is 1.16 bits per heavy atom. The number of hydrogen-bond acceptors (Lipinski definition) is 3. The number of hydrogen-bond donors (Lipinski definition) is 2. The number of carbonyl (C=O) groups excluding carboxylic acids is 2. The van der Waals surface area contributed by atoms with Gasteiger partial charge in [-0.1, -0.05) is 41.9 Å². The van der Waals surface area contributed by atoms with E-state index in [1.807, 2.05) is 37.3 Å². The van der Waals surface area contributed by atoms with Gasteiger partial charge in [-0.05, 0) is 46.6 Å². The number of aromatic amines is 1. The molecule has 0 unspecified atom stereocenters. The molecule has 1 aromatic heterocycles. The molecule has 7 nitrogen and oxygen atoms in total. The van der Waals surface area contributed by atoms with Crippen LogP contribution in [0.4, 0.5) is 0 Å². The number of halogens is 2. The van der Waals surface area contributed by atoms with Gasteiger partial charge >= 0.3 is 5.69 Å². The first kappa shape index (κ1) is 21.4. The predicted molar refractivity (Wildman–Crippen MR) is 121 cm³/mol. The molecule has 2 amide bonds. The normalized spacial score (nSPS) is 14.1. The molecule has 31 heavy (non-hydrogen) atoms. The summed E-state index contributed by atoms with van der Waals surface area (Å²) in [7, 11) is 0. The highest BCUT2D eigenvalue weighted by atomic mass is 79.9. The molecule has 2 aromatic carbocycles. The number of fused-ring (bicyclic) bond motifs is 1. The van der Waals surface area contributed by atoms with Crippen LogP contribution in [0.3, 0.4) is 0 Å². The summed E-state index contributed by atoms with van der Waals surface area (Å²) in [5.41, 5.74) is 1.72. The van der Waals surface area contributed by atoms with Gasteiger partial charge in [-0.15, -0.1) is 0 Å². The zero-order valence-electron chi connectivity index (χ0n) is 16.7. The smallest absolute Gasteiger partial charge is 0.326 e. The number of nitrogens with zero attached hydrogens (tertiary/aromatic N) is 2. The lowest BCUT2D eigenvalue weighted by molar-refractivity contribution is 0.0706. The second-order valence-corrected chi connectivity index (χ2v) is 8.63. The first-order valence-corrected chi connectivity index (χ1v) is 10.9. The molecule has 0 radical (unpaired) electrons. The van der Waals surface area contributed by atoms with E-state index in [1.165, 1.54) is 4.57 Å². The average Bonchev–Trinajstić information content (AvgIpc) is 3.11. The van der Waals surface area contributed by atoms with Crippen molar-refractivity contribution in [3.63, 3.8) is 0 Å². The maximum Gasteiger partial charge on any atom is 0.326 e. The van der Waals surface area contributed by atoms with Crippen molar-refractivity contribution < 1.29 is 9.59 Å². The number of imidazole rings is 1. The number of carbonyl (C=O) groups is 2. The average molecular weight is 504 g/mol. The SMILES string of the molecule is C[C@H](NC(=O)c1[nH]c(=O)n2c1CN(C(=O)c1ccc(Br)c(Cl)c1)CC2)c1ccccc1. The van der Waals surface area contributed by atoms with Crippen molar-refractivity contribution in [1.82, 2.24) is 19.8 Å². The maximum atomic E-state index is 13.0. The summed E-state index contributed by atoms with van der Waals surface area (Å²) in [6, 6.07) is 14.3. The Hall–Kier alpha value is -2.84. The largest absolute Gasteiger partial charge is 0.344 e.